The van der Waals surface area contributed by atoms with Gasteiger partial charge in [0.1, 0.15) is 0 Å². The number of benzene rings is 1. The zero-order chi connectivity index (χ0) is 11.3. The second-order valence-electron chi connectivity index (χ2n) is 3.42. The second kappa shape index (κ2) is 6.33. The van der Waals surface area contributed by atoms with Crippen LogP contribution in [0.25, 0.3) is 0 Å². The van der Waals surface area contributed by atoms with Crippen LogP contribution in [0.1, 0.15) is 18.9 Å². The van der Waals surface area contributed by atoms with E-state index in [1.165, 1.54) is 0 Å². The second-order valence-corrected chi connectivity index (χ2v) is 4.23. The lowest BCUT2D eigenvalue weighted by Gasteiger charge is -2.14. The third-order valence-corrected chi connectivity index (χ3v) is 3.03. The molecule has 0 aliphatic carbocycles. The molecule has 84 valence electrons. The van der Waals surface area contributed by atoms with Crippen LogP contribution in [0.3, 0.4) is 0 Å². The molecule has 0 amide bonds. The maximum Gasteiger partial charge on any atom is 0.0595 e. The first-order valence-electron chi connectivity index (χ1n) is 4.95. The molecule has 2 nitrogen and oxygen atoms in total. The molecular weight excluding hydrogens is 233 g/mol. The van der Waals surface area contributed by atoms with Gasteiger partial charge >= 0.3 is 0 Å². The minimum absolute atomic E-state index is 0.138. The van der Waals surface area contributed by atoms with E-state index >= 15 is 0 Å². The fourth-order valence-electron chi connectivity index (χ4n) is 1.25. The van der Waals surface area contributed by atoms with E-state index in [4.69, 9.17) is 28.3 Å². The van der Waals surface area contributed by atoms with Gasteiger partial charge in [0.2, 0.25) is 0 Å². The normalized spacial score (nSPS) is 12.8. The molecular formula is C11H15Cl2NO. The lowest BCUT2D eigenvalue weighted by atomic mass is 10.2. The molecule has 2 N–H and O–H groups in total. The van der Waals surface area contributed by atoms with Crippen LogP contribution in [-0.4, -0.2) is 17.8 Å². The molecule has 0 heterocycles. The van der Waals surface area contributed by atoms with Crippen LogP contribution in [0.2, 0.25) is 10.0 Å². The average molecular weight is 248 g/mol. The molecule has 0 fully saturated rings. The first kappa shape index (κ1) is 12.8. The number of nitrogens with one attached hydrogen (secondary N) is 1. The quantitative estimate of drug-likeness (QED) is 0.839. The average Bonchev–Trinajstić information content (AvgIpc) is 2.24. The molecule has 0 saturated heterocycles. The molecule has 0 aliphatic rings. The number of hydrogen-bond acceptors (Lipinski definition) is 2. The Morgan fingerprint density at radius 2 is 2.07 bits per heavy atom. The maximum absolute atomic E-state index is 8.99. The van der Waals surface area contributed by atoms with E-state index in [9.17, 15) is 0 Å². The predicted molar refractivity (Wildman–Crippen MR) is 64.5 cm³/mol. The highest BCUT2D eigenvalue weighted by Gasteiger charge is 2.04. The van der Waals surface area contributed by atoms with E-state index in [1.54, 1.807) is 6.07 Å². The summed E-state index contributed by atoms with van der Waals surface area (Å²) in [7, 11) is 0. The topological polar surface area (TPSA) is 32.3 Å². The number of aliphatic hydroxyl groups excluding tert-OH is 1. The molecule has 0 bridgehead atoms. The Morgan fingerprint density at radius 1 is 1.33 bits per heavy atom. The van der Waals surface area contributed by atoms with Gasteiger partial charge in [-0.3, -0.25) is 0 Å². The summed E-state index contributed by atoms with van der Waals surface area (Å²) >= 11 is 11.7. The molecule has 0 unspecified atom stereocenters. The van der Waals surface area contributed by atoms with Crippen LogP contribution >= 0.6 is 23.2 Å². The first-order chi connectivity index (χ1) is 7.17. The summed E-state index contributed by atoms with van der Waals surface area (Å²) in [4.78, 5) is 0. The van der Waals surface area contributed by atoms with Gasteiger partial charge < -0.3 is 10.4 Å². The van der Waals surface area contributed by atoms with E-state index in [0.717, 1.165) is 12.0 Å². The highest BCUT2D eigenvalue weighted by atomic mass is 35.5. The van der Waals surface area contributed by atoms with Crippen molar-refractivity contribution in [2.24, 2.45) is 0 Å². The third kappa shape index (κ3) is 3.99. The van der Waals surface area contributed by atoms with Gasteiger partial charge in [0, 0.05) is 12.6 Å². The Hall–Kier alpha value is -0.280. The molecule has 1 aromatic rings. The van der Waals surface area contributed by atoms with Crippen molar-refractivity contribution >= 4 is 23.2 Å². The van der Waals surface area contributed by atoms with Crippen LogP contribution in [-0.2, 0) is 6.54 Å². The van der Waals surface area contributed by atoms with Crippen LogP contribution in [0, 0.1) is 0 Å². The Bertz CT molecular complexity index is 313. The summed E-state index contributed by atoms with van der Waals surface area (Å²) in [6, 6.07) is 5.67. The van der Waals surface area contributed by atoms with Crippen LogP contribution < -0.4 is 5.32 Å². The van der Waals surface area contributed by atoms with Crippen molar-refractivity contribution in [3.63, 3.8) is 0 Å². The Kier molecular flexibility index (Phi) is 5.40. The summed E-state index contributed by atoms with van der Waals surface area (Å²) in [6.45, 7) is 2.87. The predicted octanol–water partition coefficient (Wildman–Crippen LogP) is 2.85. The minimum Gasteiger partial charge on any atom is -0.395 e. The Morgan fingerprint density at radius 3 is 2.60 bits per heavy atom. The summed E-state index contributed by atoms with van der Waals surface area (Å²) in [6.07, 6.45) is 0.901. The lowest BCUT2D eigenvalue weighted by molar-refractivity contribution is 0.238. The van der Waals surface area contributed by atoms with Crippen LogP contribution in [0.4, 0.5) is 0 Å². The zero-order valence-electron chi connectivity index (χ0n) is 8.63. The van der Waals surface area contributed by atoms with Gasteiger partial charge in [0.15, 0.2) is 0 Å². The molecule has 0 aliphatic heterocycles. The maximum atomic E-state index is 8.99. The van der Waals surface area contributed by atoms with E-state index < -0.39 is 0 Å². The Balaban J connectivity index is 2.54. The molecule has 1 rings (SSSR count). The van der Waals surface area contributed by atoms with Crippen LogP contribution in [0.5, 0.6) is 0 Å². The zero-order valence-corrected chi connectivity index (χ0v) is 10.1. The van der Waals surface area contributed by atoms with E-state index in [0.29, 0.717) is 16.6 Å². The van der Waals surface area contributed by atoms with Crippen molar-refractivity contribution in [1.82, 2.24) is 5.32 Å². The summed E-state index contributed by atoms with van der Waals surface area (Å²) in [5, 5.41) is 13.4. The molecule has 4 heteroatoms. The minimum atomic E-state index is 0.138. The Labute approximate surface area is 100 Å². The molecule has 1 atom stereocenters. The summed E-state index contributed by atoms with van der Waals surface area (Å²) in [5.74, 6) is 0. The number of rotatable bonds is 5. The highest BCUT2D eigenvalue weighted by molar-refractivity contribution is 6.42. The smallest absolute Gasteiger partial charge is 0.0595 e. The molecule has 15 heavy (non-hydrogen) atoms. The fourth-order valence-corrected chi connectivity index (χ4v) is 1.57. The van der Waals surface area contributed by atoms with Crippen molar-refractivity contribution in [3.8, 4) is 0 Å². The van der Waals surface area contributed by atoms with Gasteiger partial charge in [0.25, 0.3) is 0 Å². The standard InChI is InChI=1S/C11H15Cl2NO/c1-2-9(7-15)14-6-8-3-4-10(12)11(13)5-8/h3-5,9,14-15H,2,6-7H2,1H3/t9-/m0/s1. The number of hydrogen-bond donors (Lipinski definition) is 2. The van der Waals surface area contributed by atoms with Gasteiger partial charge in [0.05, 0.1) is 16.7 Å². The molecule has 0 radical (unpaired) electrons. The lowest BCUT2D eigenvalue weighted by Crippen LogP contribution is -2.31. The van der Waals surface area contributed by atoms with Crippen molar-refractivity contribution in [3.05, 3.63) is 33.8 Å². The first-order valence-corrected chi connectivity index (χ1v) is 5.71. The monoisotopic (exact) mass is 247 g/mol. The third-order valence-electron chi connectivity index (χ3n) is 2.29. The van der Waals surface area contributed by atoms with E-state index in [2.05, 4.69) is 5.32 Å². The van der Waals surface area contributed by atoms with E-state index in [-0.39, 0.29) is 12.6 Å². The van der Waals surface area contributed by atoms with Crippen molar-refractivity contribution in [2.75, 3.05) is 6.61 Å². The largest absolute Gasteiger partial charge is 0.395 e. The van der Waals surface area contributed by atoms with Gasteiger partial charge in [-0.15, -0.1) is 0 Å². The number of halogens is 2. The molecule has 0 saturated carbocycles. The van der Waals surface area contributed by atoms with Gasteiger partial charge in [-0.1, -0.05) is 36.2 Å². The van der Waals surface area contributed by atoms with E-state index in [1.807, 2.05) is 19.1 Å². The summed E-state index contributed by atoms with van der Waals surface area (Å²) in [5.41, 5.74) is 1.07. The van der Waals surface area contributed by atoms with Crippen molar-refractivity contribution in [2.45, 2.75) is 25.9 Å². The van der Waals surface area contributed by atoms with Gasteiger partial charge in [-0.05, 0) is 24.1 Å². The van der Waals surface area contributed by atoms with Gasteiger partial charge in [-0.2, -0.15) is 0 Å². The molecule has 0 spiro atoms. The van der Waals surface area contributed by atoms with Crippen molar-refractivity contribution in [1.29, 1.82) is 0 Å². The highest BCUT2D eigenvalue weighted by Crippen LogP contribution is 2.22. The molecule has 0 aromatic heterocycles. The summed E-state index contributed by atoms with van der Waals surface area (Å²) < 4.78 is 0. The molecule has 1 aromatic carbocycles. The van der Waals surface area contributed by atoms with Crippen molar-refractivity contribution < 1.29 is 5.11 Å². The number of aliphatic hydroxyl groups is 1. The fraction of sp³-hybridized carbons (Fsp3) is 0.455. The van der Waals surface area contributed by atoms with Gasteiger partial charge in [-0.25, -0.2) is 0 Å². The SMILES string of the molecule is CC[C@@H](CO)NCc1ccc(Cl)c(Cl)c1. The van der Waals surface area contributed by atoms with Crippen LogP contribution in [0.15, 0.2) is 18.2 Å².